The lowest BCUT2D eigenvalue weighted by Gasteiger charge is -2.23. The smallest absolute Gasteiger partial charge is 0.240 e. The molecule has 2 aromatic rings. The number of carbonyl (C=O) groups excluding carboxylic acids is 1. The van der Waals surface area contributed by atoms with E-state index < -0.39 is 0 Å². The summed E-state index contributed by atoms with van der Waals surface area (Å²) in [5, 5.41) is 10.1. The molecule has 0 spiro atoms. The molecule has 1 aromatic heterocycles. The number of hydrogen-bond donors (Lipinski definition) is 0. The minimum absolute atomic E-state index is 0.123. The molecule has 1 aliphatic carbocycles. The number of anilines is 1. The first kappa shape index (κ1) is 19.0. The maximum absolute atomic E-state index is 13.3. The Hall–Kier alpha value is -2.32. The van der Waals surface area contributed by atoms with Crippen LogP contribution in [-0.2, 0) is 24.1 Å². The number of nitrogens with zero attached hydrogens (tertiary/aromatic N) is 3. The van der Waals surface area contributed by atoms with Crippen LogP contribution in [0.3, 0.4) is 0 Å². The SMILES string of the molecule is CCC(Sc1nc2c(cc1C#N)CCCCC2)C(=O)N1CCc2ccccc21. The number of nitriles is 1. The summed E-state index contributed by atoms with van der Waals surface area (Å²) in [4.78, 5) is 20.0. The van der Waals surface area contributed by atoms with Gasteiger partial charge in [-0.3, -0.25) is 4.79 Å². The maximum atomic E-state index is 13.3. The molecule has 4 rings (SSSR count). The quantitative estimate of drug-likeness (QED) is 0.561. The fourth-order valence-electron chi connectivity index (χ4n) is 4.15. The molecule has 1 aromatic carbocycles. The van der Waals surface area contributed by atoms with Crippen molar-refractivity contribution in [2.24, 2.45) is 0 Å². The molecule has 28 heavy (non-hydrogen) atoms. The average Bonchev–Trinajstić information content (AvgIpc) is 3.02. The lowest BCUT2D eigenvalue weighted by Crippen LogP contribution is -2.36. The summed E-state index contributed by atoms with van der Waals surface area (Å²) < 4.78 is 0. The fraction of sp³-hybridized carbons (Fsp3) is 0.435. The van der Waals surface area contributed by atoms with E-state index in [1.54, 1.807) is 0 Å². The summed E-state index contributed by atoms with van der Waals surface area (Å²) in [6, 6.07) is 12.5. The summed E-state index contributed by atoms with van der Waals surface area (Å²) in [7, 11) is 0. The van der Waals surface area contributed by atoms with Gasteiger partial charge in [0.2, 0.25) is 5.91 Å². The highest BCUT2D eigenvalue weighted by molar-refractivity contribution is 8.00. The number of pyridine rings is 1. The predicted molar refractivity (Wildman–Crippen MR) is 113 cm³/mol. The van der Waals surface area contributed by atoms with E-state index in [0.717, 1.165) is 55.1 Å². The highest BCUT2D eigenvalue weighted by atomic mass is 32.2. The first-order valence-electron chi connectivity index (χ1n) is 10.2. The fourth-order valence-corrected chi connectivity index (χ4v) is 5.20. The van der Waals surface area contributed by atoms with Crippen LogP contribution in [0.2, 0.25) is 0 Å². The Balaban J connectivity index is 1.59. The van der Waals surface area contributed by atoms with E-state index in [1.165, 1.54) is 29.3 Å². The first-order valence-corrected chi connectivity index (χ1v) is 11.1. The van der Waals surface area contributed by atoms with Gasteiger partial charge in [0.05, 0.1) is 10.8 Å². The molecule has 144 valence electrons. The van der Waals surface area contributed by atoms with Gasteiger partial charge in [-0.15, -0.1) is 0 Å². The highest BCUT2D eigenvalue weighted by Gasteiger charge is 2.30. The molecule has 4 nitrogen and oxygen atoms in total. The summed E-state index contributed by atoms with van der Waals surface area (Å²) in [5.41, 5.74) is 5.20. The molecule has 1 aliphatic heterocycles. The molecule has 1 unspecified atom stereocenters. The van der Waals surface area contributed by atoms with Gasteiger partial charge in [-0.25, -0.2) is 4.98 Å². The molecular weight excluding hydrogens is 366 g/mol. The Bertz CT molecular complexity index is 934. The standard InChI is InChI=1S/C23H25N3OS/c1-2-21(23(27)26-13-12-16-8-6-7-11-20(16)26)28-22-18(15-24)14-17-9-4-3-5-10-19(17)25-22/h6-8,11,14,21H,2-5,9-10,12-13H2,1H3. The second-order valence-corrected chi connectivity index (χ2v) is 8.69. The molecule has 0 fully saturated rings. The first-order chi connectivity index (χ1) is 13.7. The van der Waals surface area contributed by atoms with Gasteiger partial charge < -0.3 is 4.90 Å². The Morgan fingerprint density at radius 1 is 1.21 bits per heavy atom. The monoisotopic (exact) mass is 391 g/mol. The van der Waals surface area contributed by atoms with Crippen molar-refractivity contribution < 1.29 is 4.79 Å². The van der Waals surface area contributed by atoms with Crippen LogP contribution in [0.4, 0.5) is 5.69 Å². The van der Waals surface area contributed by atoms with Gasteiger partial charge in [0.15, 0.2) is 0 Å². The lowest BCUT2D eigenvalue weighted by molar-refractivity contribution is -0.118. The summed E-state index contributed by atoms with van der Waals surface area (Å²) in [6.07, 6.45) is 7.12. The number of hydrogen-bond acceptors (Lipinski definition) is 4. The number of aromatic nitrogens is 1. The van der Waals surface area contributed by atoms with E-state index in [-0.39, 0.29) is 11.2 Å². The average molecular weight is 392 g/mol. The van der Waals surface area contributed by atoms with E-state index >= 15 is 0 Å². The van der Waals surface area contributed by atoms with Gasteiger partial charge in [-0.2, -0.15) is 5.26 Å². The van der Waals surface area contributed by atoms with Gasteiger partial charge in [0, 0.05) is 17.9 Å². The molecule has 0 saturated carbocycles. The van der Waals surface area contributed by atoms with Crippen LogP contribution in [0.15, 0.2) is 35.4 Å². The third-order valence-electron chi connectivity index (χ3n) is 5.69. The number of amides is 1. The topological polar surface area (TPSA) is 57.0 Å². The second kappa shape index (κ2) is 8.36. The molecular formula is C23H25N3OS. The minimum Gasteiger partial charge on any atom is -0.311 e. The Morgan fingerprint density at radius 2 is 2.04 bits per heavy atom. The van der Waals surface area contributed by atoms with Gasteiger partial charge in [-0.05, 0) is 61.8 Å². The molecule has 2 aliphatic rings. The highest BCUT2D eigenvalue weighted by Crippen LogP contribution is 2.34. The lowest BCUT2D eigenvalue weighted by atomic mass is 10.1. The van der Waals surface area contributed by atoms with Crippen LogP contribution in [0.5, 0.6) is 0 Å². The molecule has 1 amide bonds. The van der Waals surface area contributed by atoms with Crippen LogP contribution >= 0.6 is 11.8 Å². The molecule has 5 heteroatoms. The molecule has 0 saturated heterocycles. The van der Waals surface area contributed by atoms with Crippen molar-refractivity contribution in [1.29, 1.82) is 5.26 Å². The molecule has 1 atom stereocenters. The Labute approximate surface area is 171 Å². The number of para-hydroxylation sites is 1. The van der Waals surface area contributed by atoms with Crippen molar-refractivity contribution in [3.05, 3.63) is 52.7 Å². The molecule has 0 radical (unpaired) electrons. The Kier molecular flexibility index (Phi) is 5.68. The van der Waals surface area contributed by atoms with Crippen molar-refractivity contribution in [1.82, 2.24) is 4.98 Å². The van der Waals surface area contributed by atoms with Crippen LogP contribution in [0.25, 0.3) is 0 Å². The third kappa shape index (κ3) is 3.66. The van der Waals surface area contributed by atoms with Crippen molar-refractivity contribution in [3.63, 3.8) is 0 Å². The Morgan fingerprint density at radius 3 is 2.86 bits per heavy atom. The third-order valence-corrected chi connectivity index (χ3v) is 7.04. The van der Waals surface area contributed by atoms with Crippen molar-refractivity contribution in [2.45, 2.75) is 62.1 Å². The second-order valence-electron chi connectivity index (χ2n) is 7.50. The summed E-state index contributed by atoms with van der Waals surface area (Å²) in [5.74, 6) is 0.123. The number of aryl methyl sites for hydroxylation is 2. The summed E-state index contributed by atoms with van der Waals surface area (Å²) in [6.45, 7) is 2.77. The zero-order valence-electron chi connectivity index (χ0n) is 16.3. The van der Waals surface area contributed by atoms with E-state index in [4.69, 9.17) is 4.98 Å². The number of carbonyl (C=O) groups is 1. The van der Waals surface area contributed by atoms with Crippen molar-refractivity contribution >= 4 is 23.4 Å². The van der Waals surface area contributed by atoms with E-state index in [1.807, 2.05) is 36.1 Å². The molecule has 0 N–H and O–H groups in total. The largest absolute Gasteiger partial charge is 0.311 e. The zero-order valence-corrected chi connectivity index (χ0v) is 17.1. The van der Waals surface area contributed by atoms with Gasteiger partial charge in [0.1, 0.15) is 11.1 Å². The van der Waals surface area contributed by atoms with Crippen molar-refractivity contribution in [3.8, 4) is 6.07 Å². The van der Waals surface area contributed by atoms with Crippen LogP contribution in [-0.4, -0.2) is 22.7 Å². The van der Waals surface area contributed by atoms with Crippen LogP contribution in [0.1, 0.15) is 55.0 Å². The number of thioether (sulfide) groups is 1. The molecule has 2 heterocycles. The number of fused-ring (bicyclic) bond motifs is 2. The normalized spacial score (nSPS) is 16.6. The van der Waals surface area contributed by atoms with E-state index in [9.17, 15) is 10.1 Å². The maximum Gasteiger partial charge on any atom is 0.240 e. The van der Waals surface area contributed by atoms with Gasteiger partial charge in [0.25, 0.3) is 0 Å². The minimum atomic E-state index is -0.227. The van der Waals surface area contributed by atoms with Crippen molar-refractivity contribution in [2.75, 3.05) is 11.4 Å². The molecule has 0 bridgehead atoms. The number of rotatable bonds is 4. The van der Waals surface area contributed by atoms with Crippen LogP contribution < -0.4 is 4.90 Å². The van der Waals surface area contributed by atoms with E-state index in [0.29, 0.717) is 12.0 Å². The van der Waals surface area contributed by atoms with Gasteiger partial charge >= 0.3 is 0 Å². The number of benzene rings is 1. The predicted octanol–water partition coefficient (Wildman–Crippen LogP) is 4.68. The van der Waals surface area contributed by atoms with E-state index in [2.05, 4.69) is 12.1 Å². The van der Waals surface area contributed by atoms with Crippen LogP contribution in [0, 0.1) is 11.3 Å². The van der Waals surface area contributed by atoms with Gasteiger partial charge in [-0.1, -0.05) is 43.3 Å². The zero-order chi connectivity index (χ0) is 19.5. The summed E-state index contributed by atoms with van der Waals surface area (Å²) >= 11 is 1.46.